The number of hydrogen-bond acceptors (Lipinski definition) is 3. The number of aromatic nitrogens is 1. The van der Waals surface area contributed by atoms with E-state index >= 15 is 0 Å². The number of nitrogens with one attached hydrogen (secondary N) is 2. The Morgan fingerprint density at radius 2 is 1.73 bits per heavy atom. The lowest BCUT2D eigenvalue weighted by Crippen LogP contribution is -2.34. The summed E-state index contributed by atoms with van der Waals surface area (Å²) in [5, 5.41) is 5.44. The van der Waals surface area contributed by atoms with Gasteiger partial charge in [-0.3, -0.25) is 14.4 Å². The second-order valence-electron chi connectivity index (χ2n) is 6.86. The Balaban J connectivity index is 1.96. The second kappa shape index (κ2) is 7.15. The third-order valence-electron chi connectivity index (χ3n) is 5.13. The zero-order valence-electron chi connectivity index (χ0n) is 15.2. The molecule has 1 heterocycles. The van der Waals surface area contributed by atoms with Crippen molar-refractivity contribution in [2.75, 3.05) is 7.05 Å². The quantitative estimate of drug-likeness (QED) is 0.858. The van der Waals surface area contributed by atoms with Crippen molar-refractivity contribution in [3.8, 4) is 0 Å². The van der Waals surface area contributed by atoms with Gasteiger partial charge in [-0.25, -0.2) is 0 Å². The molecule has 0 aliphatic heterocycles. The number of benzene rings is 1. The topological polar surface area (TPSA) is 80.2 Å². The summed E-state index contributed by atoms with van der Waals surface area (Å²) in [5.74, 6) is 0.109. The van der Waals surface area contributed by atoms with E-state index in [0.717, 1.165) is 5.56 Å². The van der Waals surface area contributed by atoms with Gasteiger partial charge in [0.25, 0.3) is 17.4 Å². The van der Waals surface area contributed by atoms with Crippen molar-refractivity contribution in [3.63, 3.8) is 0 Å². The Morgan fingerprint density at radius 3 is 2.31 bits per heavy atom. The summed E-state index contributed by atoms with van der Waals surface area (Å²) in [6.07, 6.45) is 1.52. The van der Waals surface area contributed by atoms with Gasteiger partial charge in [-0.05, 0) is 23.5 Å². The molecule has 1 fully saturated rings. The van der Waals surface area contributed by atoms with Gasteiger partial charge in [-0.1, -0.05) is 44.2 Å². The minimum absolute atomic E-state index is 0.0343. The van der Waals surface area contributed by atoms with Crippen LogP contribution in [0.1, 0.15) is 40.1 Å². The summed E-state index contributed by atoms with van der Waals surface area (Å²) >= 11 is 0. The first-order chi connectivity index (χ1) is 12.4. The monoisotopic (exact) mass is 353 g/mol. The van der Waals surface area contributed by atoms with E-state index in [1.165, 1.54) is 23.9 Å². The van der Waals surface area contributed by atoms with Crippen LogP contribution < -0.4 is 16.2 Å². The van der Waals surface area contributed by atoms with E-state index in [1.807, 2.05) is 30.3 Å². The molecule has 6 nitrogen and oxygen atoms in total. The molecule has 3 atom stereocenters. The highest BCUT2D eigenvalue weighted by Gasteiger charge is 2.43. The normalized spacial score (nSPS) is 21.1. The van der Waals surface area contributed by atoms with Gasteiger partial charge in [-0.2, -0.15) is 0 Å². The van der Waals surface area contributed by atoms with Crippen LogP contribution in [-0.2, 0) is 6.54 Å². The number of nitrogens with zero attached hydrogens (tertiary/aromatic N) is 1. The van der Waals surface area contributed by atoms with Gasteiger partial charge in [-0.15, -0.1) is 0 Å². The van der Waals surface area contributed by atoms with Crippen molar-refractivity contribution < 1.29 is 9.59 Å². The largest absolute Gasteiger partial charge is 0.355 e. The molecule has 1 aliphatic carbocycles. The molecular weight excluding hydrogens is 330 g/mol. The number of carbonyl (C=O) groups excluding carboxylic acids is 2. The predicted molar refractivity (Wildman–Crippen MR) is 99.2 cm³/mol. The number of carbonyl (C=O) groups is 2. The van der Waals surface area contributed by atoms with Gasteiger partial charge in [0.05, 0.1) is 12.1 Å². The van der Waals surface area contributed by atoms with Crippen LogP contribution in [0, 0.1) is 11.8 Å². The van der Waals surface area contributed by atoms with Gasteiger partial charge in [0.1, 0.15) is 5.56 Å². The predicted octanol–water partition coefficient (Wildman–Crippen LogP) is 1.64. The zero-order valence-corrected chi connectivity index (χ0v) is 15.2. The summed E-state index contributed by atoms with van der Waals surface area (Å²) in [6.45, 7) is 4.46. The van der Waals surface area contributed by atoms with Crippen LogP contribution in [0.15, 0.2) is 47.4 Å². The summed E-state index contributed by atoms with van der Waals surface area (Å²) < 4.78 is 1.41. The Morgan fingerprint density at radius 1 is 1.08 bits per heavy atom. The molecule has 2 amide bonds. The maximum absolute atomic E-state index is 12.7. The lowest BCUT2D eigenvalue weighted by Gasteiger charge is -2.12. The van der Waals surface area contributed by atoms with Crippen LogP contribution in [-0.4, -0.2) is 29.5 Å². The molecule has 0 saturated heterocycles. The molecule has 0 spiro atoms. The summed E-state index contributed by atoms with van der Waals surface area (Å²) in [4.78, 5) is 37.4. The van der Waals surface area contributed by atoms with Gasteiger partial charge in [0, 0.05) is 19.3 Å². The summed E-state index contributed by atoms with van der Waals surface area (Å²) in [6, 6.07) is 11.0. The number of rotatable bonds is 5. The maximum Gasteiger partial charge on any atom is 0.263 e. The molecule has 1 aliphatic rings. The molecule has 136 valence electrons. The molecule has 3 rings (SSSR count). The molecule has 1 saturated carbocycles. The van der Waals surface area contributed by atoms with Crippen LogP contribution in [0.2, 0.25) is 0 Å². The van der Waals surface area contributed by atoms with E-state index in [2.05, 4.69) is 24.5 Å². The average Bonchev–Trinajstić information content (AvgIpc) is 3.21. The fourth-order valence-corrected chi connectivity index (χ4v) is 3.12. The molecule has 2 unspecified atom stereocenters. The highest BCUT2D eigenvalue weighted by atomic mass is 16.2. The molecule has 1 aromatic carbocycles. The average molecular weight is 353 g/mol. The van der Waals surface area contributed by atoms with E-state index in [0.29, 0.717) is 23.9 Å². The number of hydrogen-bond donors (Lipinski definition) is 2. The first kappa shape index (κ1) is 17.9. The Hall–Kier alpha value is -2.89. The molecule has 6 heteroatoms. The van der Waals surface area contributed by atoms with Gasteiger partial charge < -0.3 is 15.2 Å². The summed E-state index contributed by atoms with van der Waals surface area (Å²) in [5.41, 5.74) is 0.774. The van der Waals surface area contributed by atoms with E-state index in [4.69, 9.17) is 0 Å². The van der Waals surface area contributed by atoms with Gasteiger partial charge in [0.15, 0.2) is 0 Å². The molecular formula is C20H23N3O3. The fourth-order valence-electron chi connectivity index (χ4n) is 3.12. The fraction of sp³-hybridized carbons (Fsp3) is 0.350. The minimum atomic E-state index is -0.500. The lowest BCUT2D eigenvalue weighted by atomic mass is 10.1. The lowest BCUT2D eigenvalue weighted by molar-refractivity contribution is 0.0947. The van der Waals surface area contributed by atoms with Crippen LogP contribution in [0.3, 0.4) is 0 Å². The van der Waals surface area contributed by atoms with Crippen LogP contribution >= 0.6 is 0 Å². The SMILES string of the molecule is CNC(=O)c1cc(C(=O)NC2C(C)[C@@H]2C)cn(Cc2ccccc2)c1=O. The van der Waals surface area contributed by atoms with E-state index in [-0.39, 0.29) is 17.5 Å². The standard InChI is InChI=1S/C20H23N3O3/c1-12-13(2)17(12)22-18(24)15-9-16(19(25)21-3)20(26)23(11-15)10-14-7-5-4-6-8-14/h4-9,11-13,17H,10H2,1-3H3,(H,21,25)(H,22,24)/t12-,13?,17?/m0/s1. The molecule has 26 heavy (non-hydrogen) atoms. The number of pyridine rings is 1. The van der Waals surface area contributed by atoms with E-state index < -0.39 is 11.5 Å². The van der Waals surface area contributed by atoms with Crippen molar-refractivity contribution in [2.24, 2.45) is 11.8 Å². The van der Waals surface area contributed by atoms with Crippen molar-refractivity contribution >= 4 is 11.8 Å². The van der Waals surface area contributed by atoms with Crippen molar-refractivity contribution in [1.82, 2.24) is 15.2 Å². The molecule has 0 bridgehead atoms. The van der Waals surface area contributed by atoms with Crippen molar-refractivity contribution in [2.45, 2.75) is 26.4 Å². The Kier molecular flexibility index (Phi) is 4.93. The first-order valence-corrected chi connectivity index (χ1v) is 8.73. The van der Waals surface area contributed by atoms with Crippen LogP contribution in [0.25, 0.3) is 0 Å². The molecule has 2 aromatic rings. The van der Waals surface area contributed by atoms with E-state index in [1.54, 1.807) is 0 Å². The van der Waals surface area contributed by atoms with E-state index in [9.17, 15) is 14.4 Å². The number of amides is 2. The van der Waals surface area contributed by atoms with Crippen LogP contribution in [0.5, 0.6) is 0 Å². The molecule has 0 radical (unpaired) electrons. The summed E-state index contributed by atoms with van der Waals surface area (Å²) in [7, 11) is 1.46. The zero-order chi connectivity index (χ0) is 18.8. The molecule has 1 aromatic heterocycles. The minimum Gasteiger partial charge on any atom is -0.355 e. The second-order valence-corrected chi connectivity index (χ2v) is 6.86. The highest BCUT2D eigenvalue weighted by molar-refractivity contribution is 5.99. The smallest absolute Gasteiger partial charge is 0.263 e. The third-order valence-corrected chi connectivity index (χ3v) is 5.13. The molecule has 2 N–H and O–H groups in total. The highest BCUT2D eigenvalue weighted by Crippen LogP contribution is 2.37. The van der Waals surface area contributed by atoms with Crippen molar-refractivity contribution in [1.29, 1.82) is 0 Å². The van der Waals surface area contributed by atoms with Gasteiger partial charge in [0.2, 0.25) is 0 Å². The Labute approximate surface area is 152 Å². The maximum atomic E-state index is 12.7. The Bertz CT molecular complexity index is 881. The third kappa shape index (κ3) is 3.54. The first-order valence-electron chi connectivity index (χ1n) is 8.73. The van der Waals surface area contributed by atoms with Crippen LogP contribution in [0.4, 0.5) is 0 Å². The van der Waals surface area contributed by atoms with Crippen molar-refractivity contribution in [3.05, 3.63) is 69.6 Å². The van der Waals surface area contributed by atoms with Gasteiger partial charge >= 0.3 is 0 Å².